The molecule has 5 rings (SSSR count). The molecule has 0 radical (unpaired) electrons. The lowest BCUT2D eigenvalue weighted by atomic mass is 10.1. The summed E-state index contributed by atoms with van der Waals surface area (Å²) in [5, 5.41) is 14.7. The summed E-state index contributed by atoms with van der Waals surface area (Å²) in [6, 6.07) is 40.3. The lowest BCUT2D eigenvalue weighted by molar-refractivity contribution is -0.384. The van der Waals surface area contributed by atoms with Gasteiger partial charge in [0, 0.05) is 26.2 Å². The highest BCUT2D eigenvalue weighted by Crippen LogP contribution is 2.33. The number of aromatic nitrogens is 2. The molecule has 0 saturated heterocycles. The van der Waals surface area contributed by atoms with Crippen molar-refractivity contribution in [3.8, 4) is 0 Å². The van der Waals surface area contributed by atoms with Crippen LogP contribution in [0.15, 0.2) is 128 Å². The molecule has 4 aromatic carbocycles. The number of hydrogen-bond acceptors (Lipinski definition) is 6. The molecular formula is C32H30ClN5O2. The average Bonchev–Trinajstić information content (AvgIpc) is 2.99. The largest absolute Gasteiger partial charge is 0.348 e. The van der Waals surface area contributed by atoms with E-state index in [2.05, 4.69) is 63.8 Å². The van der Waals surface area contributed by atoms with E-state index in [0.29, 0.717) is 13.1 Å². The van der Waals surface area contributed by atoms with Crippen molar-refractivity contribution in [3.63, 3.8) is 0 Å². The van der Waals surface area contributed by atoms with Crippen LogP contribution in [0.25, 0.3) is 0 Å². The molecule has 1 aromatic heterocycles. The lowest BCUT2D eigenvalue weighted by Crippen LogP contribution is -2.24. The third-order valence-corrected chi connectivity index (χ3v) is 6.29. The van der Waals surface area contributed by atoms with Gasteiger partial charge in [-0.3, -0.25) is 10.1 Å². The average molecular weight is 552 g/mol. The van der Waals surface area contributed by atoms with Crippen LogP contribution in [-0.4, -0.2) is 14.9 Å². The van der Waals surface area contributed by atoms with Crippen LogP contribution < -0.4 is 10.2 Å². The highest BCUT2D eigenvalue weighted by molar-refractivity contribution is 6.31. The SMILES string of the molecule is O=[N+]([O-])c1c(Cl)ncnc1N(Cc1ccccc1)Cc1ccccc1.c1ccc(CNCc2ccccc2)cc1. The normalized spacial score (nSPS) is 10.3. The summed E-state index contributed by atoms with van der Waals surface area (Å²) in [7, 11) is 0. The number of anilines is 1. The predicted molar refractivity (Wildman–Crippen MR) is 160 cm³/mol. The van der Waals surface area contributed by atoms with E-state index in [1.807, 2.05) is 77.7 Å². The molecule has 5 aromatic rings. The molecule has 0 atom stereocenters. The molecule has 0 saturated carbocycles. The minimum atomic E-state index is -0.541. The molecule has 0 aliphatic rings. The van der Waals surface area contributed by atoms with E-state index < -0.39 is 4.92 Å². The Balaban J connectivity index is 0.000000210. The zero-order valence-corrected chi connectivity index (χ0v) is 22.7. The smallest absolute Gasteiger partial charge is 0.342 e. The van der Waals surface area contributed by atoms with Gasteiger partial charge in [-0.05, 0) is 22.3 Å². The summed E-state index contributed by atoms with van der Waals surface area (Å²) in [6.07, 6.45) is 1.24. The first kappa shape index (κ1) is 28.4. The molecule has 0 amide bonds. The predicted octanol–water partition coefficient (Wildman–Crippen LogP) is 7.22. The molecule has 0 aliphatic heterocycles. The Hall–Kier alpha value is -4.59. The summed E-state index contributed by atoms with van der Waals surface area (Å²) in [4.78, 5) is 20.6. The second kappa shape index (κ2) is 15.1. The Morgan fingerprint density at radius 1 is 0.650 bits per heavy atom. The zero-order valence-electron chi connectivity index (χ0n) is 21.9. The number of nitro groups is 1. The van der Waals surface area contributed by atoms with Crippen LogP contribution >= 0.6 is 11.6 Å². The van der Waals surface area contributed by atoms with Gasteiger partial charge >= 0.3 is 5.69 Å². The van der Waals surface area contributed by atoms with Crippen molar-refractivity contribution in [1.29, 1.82) is 0 Å². The van der Waals surface area contributed by atoms with Crippen LogP contribution in [0.2, 0.25) is 5.15 Å². The number of halogens is 1. The van der Waals surface area contributed by atoms with Crippen LogP contribution in [0.1, 0.15) is 22.3 Å². The minimum Gasteiger partial charge on any atom is -0.342 e. The first-order valence-corrected chi connectivity index (χ1v) is 13.2. The first-order valence-electron chi connectivity index (χ1n) is 12.9. The highest BCUT2D eigenvalue weighted by Gasteiger charge is 2.26. The van der Waals surface area contributed by atoms with E-state index in [4.69, 9.17) is 11.6 Å². The molecule has 40 heavy (non-hydrogen) atoms. The molecular weight excluding hydrogens is 522 g/mol. The molecule has 0 unspecified atom stereocenters. The topological polar surface area (TPSA) is 84.2 Å². The fourth-order valence-electron chi connectivity index (χ4n) is 4.09. The Kier molecular flexibility index (Phi) is 10.7. The van der Waals surface area contributed by atoms with Crippen molar-refractivity contribution < 1.29 is 4.92 Å². The fraction of sp³-hybridized carbons (Fsp3) is 0.125. The second-order valence-corrected chi connectivity index (χ2v) is 9.35. The summed E-state index contributed by atoms with van der Waals surface area (Å²) in [5.41, 5.74) is 4.41. The van der Waals surface area contributed by atoms with Crippen LogP contribution in [0.5, 0.6) is 0 Å². The Bertz CT molecular complexity index is 1380. The maximum atomic E-state index is 11.5. The molecule has 7 nitrogen and oxygen atoms in total. The molecule has 0 bridgehead atoms. The second-order valence-electron chi connectivity index (χ2n) is 9.00. The third kappa shape index (κ3) is 8.73. The number of nitrogens with zero attached hydrogens (tertiary/aromatic N) is 4. The maximum absolute atomic E-state index is 11.5. The van der Waals surface area contributed by atoms with Crippen molar-refractivity contribution in [2.45, 2.75) is 26.2 Å². The van der Waals surface area contributed by atoms with Gasteiger partial charge < -0.3 is 10.2 Å². The standard InChI is InChI=1S/C18H15ClN4O2.C14H15N/c19-17-16(23(24)25)18(21-13-20-17)22(11-14-7-3-1-4-8-14)12-15-9-5-2-6-10-15;1-3-7-13(8-4-1)11-15-12-14-9-5-2-6-10-14/h1-10,13H,11-12H2;1-10,15H,11-12H2. The van der Waals surface area contributed by atoms with Crippen LogP contribution in [-0.2, 0) is 26.2 Å². The van der Waals surface area contributed by atoms with Gasteiger partial charge in [-0.2, -0.15) is 0 Å². The van der Waals surface area contributed by atoms with Crippen molar-refractivity contribution in [3.05, 3.63) is 165 Å². The molecule has 1 heterocycles. The molecule has 8 heteroatoms. The zero-order chi connectivity index (χ0) is 28.0. The fourth-order valence-corrected chi connectivity index (χ4v) is 4.29. The number of hydrogen-bond donors (Lipinski definition) is 1. The van der Waals surface area contributed by atoms with Crippen molar-refractivity contribution in [1.82, 2.24) is 15.3 Å². The van der Waals surface area contributed by atoms with Crippen molar-refractivity contribution in [2.75, 3.05) is 4.90 Å². The van der Waals surface area contributed by atoms with Gasteiger partial charge in [0.25, 0.3) is 0 Å². The maximum Gasteiger partial charge on any atom is 0.348 e. The van der Waals surface area contributed by atoms with Gasteiger partial charge in [0.05, 0.1) is 4.92 Å². The van der Waals surface area contributed by atoms with E-state index in [1.165, 1.54) is 17.5 Å². The van der Waals surface area contributed by atoms with E-state index in [0.717, 1.165) is 24.2 Å². The molecule has 202 valence electrons. The number of nitrogens with one attached hydrogen (secondary N) is 1. The van der Waals surface area contributed by atoms with Gasteiger partial charge in [0.2, 0.25) is 11.0 Å². The summed E-state index contributed by atoms with van der Waals surface area (Å²) in [6.45, 7) is 2.78. The summed E-state index contributed by atoms with van der Waals surface area (Å²) in [5.74, 6) is 0.206. The van der Waals surface area contributed by atoms with Gasteiger partial charge in [-0.15, -0.1) is 0 Å². The van der Waals surface area contributed by atoms with Crippen LogP contribution in [0, 0.1) is 10.1 Å². The van der Waals surface area contributed by atoms with E-state index in [9.17, 15) is 10.1 Å². The van der Waals surface area contributed by atoms with Crippen LogP contribution in [0.4, 0.5) is 11.5 Å². The quantitative estimate of drug-likeness (QED) is 0.112. The van der Waals surface area contributed by atoms with Crippen molar-refractivity contribution >= 4 is 23.1 Å². The lowest BCUT2D eigenvalue weighted by Gasteiger charge is -2.23. The summed E-state index contributed by atoms with van der Waals surface area (Å²) >= 11 is 5.95. The Morgan fingerprint density at radius 2 is 1.05 bits per heavy atom. The van der Waals surface area contributed by atoms with E-state index >= 15 is 0 Å². The molecule has 1 N–H and O–H groups in total. The summed E-state index contributed by atoms with van der Waals surface area (Å²) < 4.78 is 0. The minimum absolute atomic E-state index is 0.166. The monoisotopic (exact) mass is 551 g/mol. The number of benzene rings is 4. The molecule has 0 fully saturated rings. The van der Waals surface area contributed by atoms with Gasteiger partial charge in [-0.1, -0.05) is 133 Å². The third-order valence-electron chi connectivity index (χ3n) is 6.02. The Labute approximate surface area is 239 Å². The van der Waals surface area contributed by atoms with Crippen molar-refractivity contribution in [2.24, 2.45) is 0 Å². The Morgan fingerprint density at radius 3 is 1.45 bits per heavy atom. The van der Waals surface area contributed by atoms with Gasteiger partial charge in [0.1, 0.15) is 6.33 Å². The van der Waals surface area contributed by atoms with Gasteiger partial charge in [-0.25, -0.2) is 9.97 Å². The van der Waals surface area contributed by atoms with E-state index in [1.54, 1.807) is 0 Å². The number of rotatable bonds is 10. The first-order chi connectivity index (χ1) is 19.6. The van der Waals surface area contributed by atoms with Gasteiger partial charge in [0.15, 0.2) is 0 Å². The molecule has 0 spiro atoms. The molecule has 0 aliphatic carbocycles. The highest BCUT2D eigenvalue weighted by atomic mass is 35.5. The van der Waals surface area contributed by atoms with E-state index in [-0.39, 0.29) is 16.7 Å². The van der Waals surface area contributed by atoms with Crippen LogP contribution in [0.3, 0.4) is 0 Å².